The van der Waals surface area contributed by atoms with Gasteiger partial charge in [0.15, 0.2) is 0 Å². The number of hydrogen-bond donors (Lipinski definition) is 2. The van der Waals surface area contributed by atoms with Crippen LogP contribution < -0.4 is 5.73 Å². The third-order valence-corrected chi connectivity index (χ3v) is 0.273. The molecule has 7 heavy (non-hydrogen) atoms. The molecule has 0 atom stereocenters. The molecule has 0 saturated heterocycles. The fraction of sp³-hybridized carbons (Fsp3) is 0.500. The zero-order chi connectivity index (χ0) is 5.70. The molecule has 5 nitrogen and oxygen atoms in total. The van der Waals surface area contributed by atoms with Gasteiger partial charge in [0.1, 0.15) is 0 Å². The van der Waals surface area contributed by atoms with E-state index in [2.05, 4.69) is 15.6 Å². The number of ether oxygens (including phenoxy) is 1. The smallest absolute Gasteiger partial charge is 0.280 e. The van der Waals surface area contributed by atoms with Gasteiger partial charge in [-0.15, -0.1) is 4.91 Å². The van der Waals surface area contributed by atoms with E-state index in [1.54, 1.807) is 0 Å². The molecule has 5 heteroatoms. The molecule has 0 aliphatic carbocycles. The van der Waals surface area contributed by atoms with Crippen LogP contribution in [-0.4, -0.2) is 12.8 Å². The first-order valence-corrected chi connectivity index (χ1v) is 1.53. The molecule has 0 radical (unpaired) electrons. The van der Waals surface area contributed by atoms with Gasteiger partial charge < -0.3 is 10.5 Å². The van der Waals surface area contributed by atoms with Crippen molar-refractivity contribution in [2.24, 2.45) is 10.9 Å². The third kappa shape index (κ3) is 4.87. The monoisotopic (exact) mass is 103 g/mol. The first-order valence-electron chi connectivity index (χ1n) is 1.53. The molecule has 0 bridgehead atoms. The summed E-state index contributed by atoms with van der Waals surface area (Å²) in [6.07, 6.45) is 0. The molecule has 0 aliphatic heterocycles. The summed E-state index contributed by atoms with van der Waals surface area (Å²) in [4.78, 5) is 9.18. The summed E-state index contributed by atoms with van der Waals surface area (Å²) >= 11 is 0. The lowest BCUT2D eigenvalue weighted by Crippen LogP contribution is -2.13. The van der Waals surface area contributed by atoms with Gasteiger partial charge >= 0.3 is 0 Å². The fourth-order valence-electron chi connectivity index (χ4n) is 0.0959. The summed E-state index contributed by atoms with van der Waals surface area (Å²) in [5.41, 5.74) is 4.64. The Labute approximate surface area is 39.9 Å². The SMILES string of the molecule is N=C(N)OCN=O. The molecule has 0 fully saturated rings. The van der Waals surface area contributed by atoms with Gasteiger partial charge in [-0.1, -0.05) is 0 Å². The van der Waals surface area contributed by atoms with E-state index < -0.39 is 6.02 Å². The maximum absolute atomic E-state index is 9.18. The van der Waals surface area contributed by atoms with Gasteiger partial charge in [-0.3, -0.25) is 5.41 Å². The summed E-state index contributed by atoms with van der Waals surface area (Å²) in [6, 6.07) is -0.486. The Balaban J connectivity index is 2.97. The Kier molecular flexibility index (Phi) is 2.58. The van der Waals surface area contributed by atoms with Crippen molar-refractivity contribution in [3.8, 4) is 0 Å². The number of hydrogen-bond acceptors (Lipinski definition) is 4. The van der Waals surface area contributed by atoms with E-state index in [4.69, 9.17) is 5.41 Å². The van der Waals surface area contributed by atoms with Gasteiger partial charge in [-0.25, -0.2) is 0 Å². The molecule has 0 aliphatic rings. The van der Waals surface area contributed by atoms with Crippen LogP contribution in [0.5, 0.6) is 0 Å². The first kappa shape index (κ1) is 5.87. The Morgan fingerprint density at radius 3 is 2.71 bits per heavy atom. The second-order valence-electron chi connectivity index (χ2n) is 0.767. The van der Waals surface area contributed by atoms with Crippen LogP contribution >= 0.6 is 0 Å². The predicted molar refractivity (Wildman–Crippen MR) is 23.7 cm³/mol. The number of nitrogens with zero attached hydrogens (tertiary/aromatic N) is 1. The Morgan fingerprint density at radius 1 is 2.00 bits per heavy atom. The minimum absolute atomic E-state index is 0.380. The Morgan fingerprint density at radius 2 is 2.57 bits per heavy atom. The quantitative estimate of drug-likeness (QED) is 0.283. The highest BCUT2D eigenvalue weighted by Crippen LogP contribution is 1.68. The van der Waals surface area contributed by atoms with E-state index >= 15 is 0 Å². The van der Waals surface area contributed by atoms with Crippen molar-refractivity contribution in [3.05, 3.63) is 4.91 Å². The predicted octanol–water partition coefficient (Wildman–Crippen LogP) is -0.380. The molecular weight excluding hydrogens is 98.0 g/mol. The van der Waals surface area contributed by atoms with Gasteiger partial charge in [-0.2, -0.15) is 0 Å². The lowest BCUT2D eigenvalue weighted by Gasteiger charge is -1.91. The maximum Gasteiger partial charge on any atom is 0.280 e. The molecule has 3 N–H and O–H groups in total. The lowest BCUT2D eigenvalue weighted by molar-refractivity contribution is 0.308. The van der Waals surface area contributed by atoms with Crippen molar-refractivity contribution in [2.75, 3.05) is 6.73 Å². The van der Waals surface area contributed by atoms with E-state index in [9.17, 15) is 4.91 Å². The van der Waals surface area contributed by atoms with E-state index in [1.807, 2.05) is 0 Å². The van der Waals surface area contributed by atoms with Crippen LogP contribution in [0.15, 0.2) is 5.18 Å². The number of nitrogens with one attached hydrogen (secondary N) is 1. The van der Waals surface area contributed by atoms with Gasteiger partial charge in [-0.05, 0) is 5.18 Å². The summed E-state index contributed by atoms with van der Waals surface area (Å²) < 4.78 is 4.07. The van der Waals surface area contributed by atoms with Gasteiger partial charge in [0.2, 0.25) is 6.73 Å². The summed E-state index contributed by atoms with van der Waals surface area (Å²) in [6.45, 7) is -0.380. The van der Waals surface area contributed by atoms with Gasteiger partial charge in [0.05, 0.1) is 0 Å². The van der Waals surface area contributed by atoms with Crippen molar-refractivity contribution < 1.29 is 4.74 Å². The summed E-state index contributed by atoms with van der Waals surface area (Å²) in [5, 5.41) is 8.64. The van der Waals surface area contributed by atoms with Crippen LogP contribution in [0.4, 0.5) is 0 Å². The van der Waals surface area contributed by atoms with Crippen molar-refractivity contribution >= 4 is 6.02 Å². The minimum atomic E-state index is -0.486. The van der Waals surface area contributed by atoms with E-state index in [0.29, 0.717) is 0 Å². The molecular formula is C2H5N3O2. The zero-order valence-electron chi connectivity index (χ0n) is 3.55. The zero-order valence-corrected chi connectivity index (χ0v) is 3.55. The van der Waals surface area contributed by atoms with Crippen molar-refractivity contribution in [3.63, 3.8) is 0 Å². The topological polar surface area (TPSA) is 88.5 Å². The number of nitrogens with two attached hydrogens (primary N) is 1. The van der Waals surface area contributed by atoms with E-state index in [1.165, 1.54) is 0 Å². The maximum atomic E-state index is 9.18. The molecule has 0 saturated carbocycles. The molecule has 0 heterocycles. The van der Waals surface area contributed by atoms with Crippen LogP contribution in [0.25, 0.3) is 0 Å². The first-order chi connectivity index (χ1) is 3.27. The molecule has 0 amide bonds. The molecule has 0 aromatic heterocycles. The average Bonchev–Trinajstić information content (AvgIpc) is 1.61. The number of amidine groups is 1. The fourth-order valence-corrected chi connectivity index (χ4v) is 0.0959. The van der Waals surface area contributed by atoms with Crippen molar-refractivity contribution in [1.29, 1.82) is 5.41 Å². The Hall–Kier alpha value is -1.13. The van der Waals surface area contributed by atoms with Crippen molar-refractivity contribution in [2.45, 2.75) is 0 Å². The van der Waals surface area contributed by atoms with E-state index in [0.717, 1.165) is 0 Å². The third-order valence-electron chi connectivity index (χ3n) is 0.273. The summed E-state index contributed by atoms with van der Waals surface area (Å²) in [7, 11) is 0. The standard InChI is InChI=1S/C2H5N3O2/c3-2(4)7-1-5-6/h1H2,(H3,3,4). The molecule has 0 aromatic carbocycles. The number of nitroso groups, excluding NO2 is 1. The molecule has 40 valence electrons. The highest BCUT2D eigenvalue weighted by molar-refractivity contribution is 5.67. The molecule has 0 aromatic rings. The summed E-state index contributed by atoms with van der Waals surface area (Å²) in [5.74, 6) is 0. The van der Waals surface area contributed by atoms with E-state index in [-0.39, 0.29) is 6.73 Å². The second kappa shape index (κ2) is 3.08. The Bertz CT molecular complexity index is 81.0. The average molecular weight is 103 g/mol. The largest absolute Gasteiger partial charge is 0.439 e. The highest BCUT2D eigenvalue weighted by atomic mass is 16.5. The highest BCUT2D eigenvalue weighted by Gasteiger charge is 1.82. The van der Waals surface area contributed by atoms with Gasteiger partial charge in [0.25, 0.3) is 6.02 Å². The molecule has 0 unspecified atom stereocenters. The normalized spacial score (nSPS) is 7.43. The van der Waals surface area contributed by atoms with Crippen LogP contribution in [0.1, 0.15) is 0 Å². The van der Waals surface area contributed by atoms with Crippen molar-refractivity contribution in [1.82, 2.24) is 0 Å². The van der Waals surface area contributed by atoms with Crippen LogP contribution in [-0.2, 0) is 4.74 Å². The second-order valence-corrected chi connectivity index (χ2v) is 0.767. The lowest BCUT2D eigenvalue weighted by atomic mass is 11.1. The minimum Gasteiger partial charge on any atom is -0.439 e. The van der Waals surface area contributed by atoms with Crippen LogP contribution in [0.2, 0.25) is 0 Å². The number of rotatable bonds is 2. The molecule has 0 spiro atoms. The van der Waals surface area contributed by atoms with Crippen LogP contribution in [0.3, 0.4) is 0 Å². The van der Waals surface area contributed by atoms with Gasteiger partial charge in [0, 0.05) is 0 Å². The molecule has 0 rings (SSSR count). The van der Waals surface area contributed by atoms with Crippen LogP contribution in [0, 0.1) is 10.3 Å².